The second-order valence-electron chi connectivity index (χ2n) is 7.73. The van der Waals surface area contributed by atoms with E-state index in [4.69, 9.17) is 44.3 Å². The van der Waals surface area contributed by atoms with Crippen LogP contribution in [0.5, 0.6) is 11.5 Å². The van der Waals surface area contributed by atoms with Crippen molar-refractivity contribution in [3.63, 3.8) is 0 Å². The predicted octanol–water partition coefficient (Wildman–Crippen LogP) is 8.20. The number of nitrogens with zero attached hydrogens (tertiary/aromatic N) is 1. The van der Waals surface area contributed by atoms with Gasteiger partial charge >= 0.3 is 0 Å². The summed E-state index contributed by atoms with van der Waals surface area (Å²) >= 11 is 18.9. The molecule has 0 radical (unpaired) electrons. The molecule has 1 heterocycles. The van der Waals surface area contributed by atoms with Crippen LogP contribution >= 0.6 is 46.6 Å². The van der Waals surface area contributed by atoms with Crippen LogP contribution in [0.3, 0.4) is 0 Å². The number of hydrogen-bond acceptors (Lipinski definition) is 5. The highest BCUT2D eigenvalue weighted by molar-refractivity contribution is 8.19. The fourth-order valence-electron chi connectivity index (χ4n) is 3.61. The number of carbonyl (C=O) groups excluding carboxylic acids is 2. The summed E-state index contributed by atoms with van der Waals surface area (Å²) in [5, 5.41) is 1.05. The summed E-state index contributed by atoms with van der Waals surface area (Å²) in [4.78, 5) is 27.1. The minimum Gasteiger partial charge on any atom is -0.493 e. The van der Waals surface area contributed by atoms with Crippen LogP contribution in [0.25, 0.3) is 6.08 Å². The number of halogens is 3. The van der Waals surface area contributed by atoms with Crippen LogP contribution in [-0.2, 0) is 17.8 Å². The number of amides is 2. The molecule has 9 heteroatoms. The molecule has 0 aliphatic carbocycles. The summed E-state index contributed by atoms with van der Waals surface area (Å²) in [5.41, 5.74) is 2.80. The van der Waals surface area contributed by atoms with Gasteiger partial charge in [-0.3, -0.25) is 9.59 Å². The Morgan fingerprint density at radius 3 is 2.42 bits per heavy atom. The fraction of sp³-hybridized carbons (Fsp3) is 0.111. The van der Waals surface area contributed by atoms with Crippen LogP contribution in [0.2, 0.25) is 15.1 Å². The zero-order valence-corrected chi connectivity index (χ0v) is 22.2. The molecule has 0 N–H and O–H groups in total. The quantitative estimate of drug-likeness (QED) is 0.205. The average molecular weight is 561 g/mol. The van der Waals surface area contributed by atoms with Crippen molar-refractivity contribution in [3.05, 3.63) is 104 Å². The summed E-state index contributed by atoms with van der Waals surface area (Å²) in [6.45, 7) is 4.08. The topological polar surface area (TPSA) is 55.8 Å². The first-order valence-electron chi connectivity index (χ1n) is 10.7. The predicted molar refractivity (Wildman–Crippen MR) is 148 cm³/mol. The molecule has 1 saturated heterocycles. The highest BCUT2D eigenvalue weighted by Crippen LogP contribution is 2.39. The summed E-state index contributed by atoms with van der Waals surface area (Å²) < 4.78 is 11.7. The monoisotopic (exact) mass is 559 g/mol. The molecule has 2 amide bonds. The fourth-order valence-corrected chi connectivity index (χ4v) is 4.89. The molecule has 5 nitrogen and oxygen atoms in total. The molecule has 1 aliphatic heterocycles. The van der Waals surface area contributed by atoms with Crippen LogP contribution in [0.4, 0.5) is 10.5 Å². The molecule has 0 atom stereocenters. The second-order valence-corrected chi connectivity index (χ2v) is 9.98. The Morgan fingerprint density at radius 1 is 1.00 bits per heavy atom. The second kappa shape index (κ2) is 11.4. The van der Waals surface area contributed by atoms with Gasteiger partial charge in [0.05, 0.1) is 27.7 Å². The summed E-state index contributed by atoms with van der Waals surface area (Å²) in [6, 6.07) is 15.5. The van der Waals surface area contributed by atoms with Crippen LogP contribution in [0.1, 0.15) is 16.7 Å². The van der Waals surface area contributed by atoms with Gasteiger partial charge in [0, 0.05) is 10.6 Å². The molecular weight excluding hydrogens is 541 g/mol. The maximum Gasteiger partial charge on any atom is 0.298 e. The molecule has 184 valence electrons. The Bertz CT molecular complexity index is 1370. The molecule has 1 aliphatic rings. The number of hydrogen-bond donors (Lipinski definition) is 0. The number of benzene rings is 3. The normalized spacial score (nSPS) is 14.4. The van der Waals surface area contributed by atoms with E-state index in [9.17, 15) is 9.59 Å². The molecule has 3 aromatic rings. The first kappa shape index (κ1) is 26.2. The summed E-state index contributed by atoms with van der Waals surface area (Å²) in [5.74, 6) is 0.629. The lowest BCUT2D eigenvalue weighted by atomic mass is 10.0. The first-order chi connectivity index (χ1) is 17.3. The SMILES string of the molecule is C=CCc1cc(/C=C2/SC(=O)N(c3ccc(Cl)cc3)C2=O)cc(OC)c1OCc1ccc(Cl)c(Cl)c1. The van der Waals surface area contributed by atoms with Gasteiger partial charge < -0.3 is 9.47 Å². The Balaban J connectivity index is 1.63. The van der Waals surface area contributed by atoms with Gasteiger partial charge in [-0.2, -0.15) is 0 Å². The number of carbonyl (C=O) groups is 2. The van der Waals surface area contributed by atoms with Crippen LogP contribution in [0.15, 0.2) is 72.2 Å². The van der Waals surface area contributed by atoms with E-state index in [2.05, 4.69) is 6.58 Å². The zero-order valence-electron chi connectivity index (χ0n) is 19.1. The van der Waals surface area contributed by atoms with Crippen molar-refractivity contribution in [2.24, 2.45) is 0 Å². The van der Waals surface area contributed by atoms with Gasteiger partial charge in [-0.1, -0.05) is 46.9 Å². The Morgan fingerprint density at radius 2 is 1.75 bits per heavy atom. The van der Waals surface area contributed by atoms with Crippen molar-refractivity contribution in [2.45, 2.75) is 13.0 Å². The van der Waals surface area contributed by atoms with Gasteiger partial charge in [-0.15, -0.1) is 6.58 Å². The number of ether oxygens (including phenoxy) is 2. The van der Waals surface area contributed by atoms with Crippen molar-refractivity contribution >= 4 is 69.5 Å². The van der Waals surface area contributed by atoms with Gasteiger partial charge in [0.25, 0.3) is 11.1 Å². The van der Waals surface area contributed by atoms with E-state index in [1.54, 1.807) is 54.6 Å². The maximum atomic E-state index is 13.0. The van der Waals surface area contributed by atoms with Gasteiger partial charge in [-0.25, -0.2) is 4.90 Å². The molecule has 0 saturated carbocycles. The third-order valence-electron chi connectivity index (χ3n) is 5.28. The van der Waals surface area contributed by atoms with E-state index < -0.39 is 5.91 Å². The number of anilines is 1. The number of imide groups is 1. The van der Waals surface area contributed by atoms with E-state index in [1.807, 2.05) is 12.1 Å². The minimum absolute atomic E-state index is 0.247. The summed E-state index contributed by atoms with van der Waals surface area (Å²) in [6.07, 6.45) is 3.92. The van der Waals surface area contributed by atoms with Crippen molar-refractivity contribution in [3.8, 4) is 11.5 Å². The Kier molecular flexibility index (Phi) is 8.32. The van der Waals surface area contributed by atoms with Crippen molar-refractivity contribution in [1.82, 2.24) is 0 Å². The van der Waals surface area contributed by atoms with E-state index in [-0.39, 0.29) is 11.8 Å². The average Bonchev–Trinajstić information content (AvgIpc) is 3.13. The molecular formula is C27H20Cl3NO4S. The summed E-state index contributed by atoms with van der Waals surface area (Å²) in [7, 11) is 1.54. The third kappa shape index (κ3) is 5.73. The number of methoxy groups -OCH3 is 1. The number of thioether (sulfide) groups is 1. The van der Waals surface area contributed by atoms with Crippen LogP contribution < -0.4 is 14.4 Å². The molecule has 0 bridgehead atoms. The number of allylic oxidation sites excluding steroid dienone is 1. The minimum atomic E-state index is -0.406. The molecule has 1 fully saturated rings. The van der Waals surface area contributed by atoms with E-state index in [1.165, 1.54) is 7.11 Å². The molecule has 0 spiro atoms. The van der Waals surface area contributed by atoms with E-state index in [0.717, 1.165) is 27.8 Å². The van der Waals surface area contributed by atoms with E-state index in [0.29, 0.717) is 49.1 Å². The van der Waals surface area contributed by atoms with Crippen LogP contribution in [0, 0.1) is 0 Å². The van der Waals surface area contributed by atoms with Crippen LogP contribution in [-0.4, -0.2) is 18.3 Å². The van der Waals surface area contributed by atoms with Gasteiger partial charge in [0.15, 0.2) is 11.5 Å². The molecule has 4 rings (SSSR count). The first-order valence-corrected chi connectivity index (χ1v) is 12.7. The maximum absolute atomic E-state index is 13.0. The standard InChI is InChI=1S/C27H20Cl3NO4S/c1-3-4-18-11-17(13-23(34-2)25(18)35-15-16-5-10-21(29)22(30)12-16)14-24-26(32)31(27(33)36-24)20-8-6-19(28)7-9-20/h3,5-14H,1,4,15H2,2H3/b24-14+. The molecule has 0 unspecified atom stereocenters. The van der Waals surface area contributed by atoms with E-state index >= 15 is 0 Å². The highest BCUT2D eigenvalue weighted by Gasteiger charge is 2.36. The molecule has 0 aromatic heterocycles. The smallest absolute Gasteiger partial charge is 0.298 e. The largest absolute Gasteiger partial charge is 0.493 e. The molecule has 36 heavy (non-hydrogen) atoms. The van der Waals surface area contributed by atoms with Gasteiger partial charge in [-0.05, 0) is 83.9 Å². The lowest BCUT2D eigenvalue weighted by molar-refractivity contribution is -0.113. The Labute approximate surface area is 228 Å². The van der Waals surface area contributed by atoms with Crippen molar-refractivity contribution < 1.29 is 19.1 Å². The third-order valence-corrected chi connectivity index (χ3v) is 7.14. The van der Waals surface area contributed by atoms with Gasteiger partial charge in [0.2, 0.25) is 0 Å². The van der Waals surface area contributed by atoms with Crippen molar-refractivity contribution in [2.75, 3.05) is 12.0 Å². The van der Waals surface area contributed by atoms with Crippen molar-refractivity contribution in [1.29, 1.82) is 0 Å². The molecule has 3 aromatic carbocycles. The lowest BCUT2D eigenvalue weighted by Crippen LogP contribution is -2.27. The highest BCUT2D eigenvalue weighted by atomic mass is 35.5. The lowest BCUT2D eigenvalue weighted by Gasteiger charge is -2.16. The zero-order chi connectivity index (χ0) is 25.8. The Hall–Kier alpha value is -2.90. The number of rotatable bonds is 8. The van der Waals surface area contributed by atoms with Gasteiger partial charge in [0.1, 0.15) is 6.61 Å².